The Bertz CT molecular complexity index is 561. The zero-order valence-electron chi connectivity index (χ0n) is 10.5. The highest BCUT2D eigenvalue weighted by molar-refractivity contribution is 5.81. The monoisotopic (exact) mass is 258 g/mol. The van der Waals surface area contributed by atoms with Gasteiger partial charge in [-0.3, -0.25) is 4.79 Å². The fraction of sp³-hybridized carbons (Fsp3) is 0.143. The largest absolute Gasteiger partial charge is 0.484 e. The van der Waals surface area contributed by atoms with Crippen molar-refractivity contribution >= 4 is 12.1 Å². The fourth-order valence-electron chi connectivity index (χ4n) is 1.39. The number of para-hydroxylation sites is 1. The number of hydrogen-bond acceptors (Lipinski definition) is 4. The van der Waals surface area contributed by atoms with Gasteiger partial charge in [0, 0.05) is 0 Å². The highest BCUT2D eigenvalue weighted by atomic mass is 16.5. The number of carbonyl (C=O) groups is 1. The minimum atomic E-state index is -0.330. The van der Waals surface area contributed by atoms with Crippen molar-refractivity contribution in [2.45, 2.75) is 6.92 Å². The number of hydrazone groups is 1. The Balaban J connectivity index is 1.74. The molecule has 0 atom stereocenters. The lowest BCUT2D eigenvalue weighted by Crippen LogP contribution is -2.24. The summed E-state index contributed by atoms with van der Waals surface area (Å²) in [7, 11) is 0. The normalized spacial score (nSPS) is 10.6. The molecule has 5 nitrogen and oxygen atoms in total. The zero-order chi connectivity index (χ0) is 13.5. The van der Waals surface area contributed by atoms with Crippen LogP contribution in [0.4, 0.5) is 0 Å². The van der Waals surface area contributed by atoms with E-state index >= 15 is 0 Å². The molecule has 2 aromatic rings. The number of nitrogens with zero attached hydrogens (tertiary/aromatic N) is 1. The van der Waals surface area contributed by atoms with Gasteiger partial charge in [-0.15, -0.1) is 0 Å². The van der Waals surface area contributed by atoms with Gasteiger partial charge < -0.3 is 9.15 Å². The molecule has 0 aliphatic carbocycles. The van der Waals surface area contributed by atoms with Gasteiger partial charge in [-0.25, -0.2) is 5.43 Å². The van der Waals surface area contributed by atoms with E-state index in [0.717, 1.165) is 5.76 Å². The van der Waals surface area contributed by atoms with E-state index in [1.165, 1.54) is 6.21 Å². The number of ether oxygens (including phenoxy) is 1. The molecule has 0 spiro atoms. The lowest BCUT2D eigenvalue weighted by Gasteiger charge is -2.03. The summed E-state index contributed by atoms with van der Waals surface area (Å²) < 4.78 is 10.5. The van der Waals surface area contributed by atoms with Crippen LogP contribution in [0, 0.1) is 6.92 Å². The average Bonchev–Trinajstić information content (AvgIpc) is 2.83. The van der Waals surface area contributed by atoms with E-state index in [9.17, 15) is 4.79 Å². The van der Waals surface area contributed by atoms with Crippen molar-refractivity contribution in [1.82, 2.24) is 5.43 Å². The minimum absolute atomic E-state index is 0.0848. The molecule has 1 amide bonds. The third-order valence-corrected chi connectivity index (χ3v) is 2.26. The van der Waals surface area contributed by atoms with Gasteiger partial charge in [-0.1, -0.05) is 18.2 Å². The van der Waals surface area contributed by atoms with Gasteiger partial charge in [0.25, 0.3) is 5.91 Å². The number of furan rings is 1. The maximum Gasteiger partial charge on any atom is 0.277 e. The number of amides is 1. The Labute approximate surface area is 110 Å². The van der Waals surface area contributed by atoms with Gasteiger partial charge in [-0.2, -0.15) is 5.10 Å². The molecule has 19 heavy (non-hydrogen) atoms. The summed E-state index contributed by atoms with van der Waals surface area (Å²) >= 11 is 0. The predicted molar refractivity (Wildman–Crippen MR) is 71.1 cm³/mol. The van der Waals surface area contributed by atoms with Gasteiger partial charge >= 0.3 is 0 Å². The number of carbonyl (C=O) groups excluding carboxylic acids is 1. The Kier molecular flexibility index (Phi) is 4.34. The number of benzene rings is 1. The quantitative estimate of drug-likeness (QED) is 0.660. The Morgan fingerprint density at radius 1 is 1.32 bits per heavy atom. The van der Waals surface area contributed by atoms with Crippen LogP contribution in [0.2, 0.25) is 0 Å². The minimum Gasteiger partial charge on any atom is -0.484 e. The first kappa shape index (κ1) is 12.9. The Morgan fingerprint density at radius 3 is 2.79 bits per heavy atom. The Hall–Kier alpha value is -2.56. The van der Waals surface area contributed by atoms with Gasteiger partial charge in [0.05, 0.1) is 6.21 Å². The molecule has 0 fully saturated rings. The van der Waals surface area contributed by atoms with Crippen molar-refractivity contribution in [1.29, 1.82) is 0 Å². The molecule has 1 aromatic heterocycles. The van der Waals surface area contributed by atoms with Crippen molar-refractivity contribution < 1.29 is 13.9 Å². The van der Waals surface area contributed by atoms with Crippen LogP contribution < -0.4 is 10.2 Å². The van der Waals surface area contributed by atoms with E-state index < -0.39 is 0 Å². The van der Waals surface area contributed by atoms with Gasteiger partial charge in [0.15, 0.2) is 6.61 Å². The highest BCUT2D eigenvalue weighted by Crippen LogP contribution is 2.07. The second kappa shape index (κ2) is 6.39. The summed E-state index contributed by atoms with van der Waals surface area (Å²) in [5.74, 6) is 1.69. The molecule has 0 unspecified atom stereocenters. The molecule has 98 valence electrons. The summed E-state index contributed by atoms with van der Waals surface area (Å²) in [5.41, 5.74) is 2.36. The average molecular weight is 258 g/mol. The van der Waals surface area contributed by atoms with Crippen molar-refractivity contribution in [3.63, 3.8) is 0 Å². The van der Waals surface area contributed by atoms with E-state index in [-0.39, 0.29) is 12.5 Å². The van der Waals surface area contributed by atoms with Gasteiger partial charge in [0.1, 0.15) is 17.3 Å². The lowest BCUT2D eigenvalue weighted by atomic mass is 10.3. The van der Waals surface area contributed by atoms with Crippen LogP contribution in [0.25, 0.3) is 0 Å². The number of nitrogens with one attached hydrogen (secondary N) is 1. The van der Waals surface area contributed by atoms with E-state index in [2.05, 4.69) is 10.5 Å². The van der Waals surface area contributed by atoms with E-state index in [0.29, 0.717) is 11.5 Å². The van der Waals surface area contributed by atoms with Crippen molar-refractivity contribution in [3.8, 4) is 5.75 Å². The predicted octanol–water partition coefficient (Wildman–Crippen LogP) is 2.12. The third-order valence-electron chi connectivity index (χ3n) is 2.26. The summed E-state index contributed by atoms with van der Waals surface area (Å²) in [6.07, 6.45) is 1.44. The van der Waals surface area contributed by atoms with Crippen molar-refractivity contribution in [2.75, 3.05) is 6.61 Å². The molecule has 5 heteroatoms. The SMILES string of the molecule is Cc1ccc(/C=N\NC(=O)COc2ccccc2)o1. The molecule has 0 saturated heterocycles. The molecule has 0 aliphatic heterocycles. The van der Waals surface area contributed by atoms with Crippen LogP contribution in [0.15, 0.2) is 52.0 Å². The number of hydrogen-bond donors (Lipinski definition) is 1. The topological polar surface area (TPSA) is 63.8 Å². The first-order valence-electron chi connectivity index (χ1n) is 5.80. The third kappa shape index (κ3) is 4.31. The van der Waals surface area contributed by atoms with Crippen molar-refractivity contribution in [3.05, 3.63) is 54.0 Å². The smallest absolute Gasteiger partial charge is 0.277 e. The van der Waals surface area contributed by atoms with Crippen LogP contribution in [-0.4, -0.2) is 18.7 Å². The summed E-state index contributed by atoms with van der Waals surface area (Å²) in [6.45, 7) is 1.75. The molecule has 1 heterocycles. The van der Waals surface area contributed by atoms with E-state index in [1.807, 2.05) is 31.2 Å². The van der Waals surface area contributed by atoms with Gasteiger partial charge in [-0.05, 0) is 31.2 Å². The summed E-state index contributed by atoms with van der Waals surface area (Å²) in [6, 6.07) is 12.7. The van der Waals surface area contributed by atoms with Crippen LogP contribution in [0.1, 0.15) is 11.5 Å². The van der Waals surface area contributed by atoms with E-state index in [4.69, 9.17) is 9.15 Å². The van der Waals surface area contributed by atoms with Crippen LogP contribution >= 0.6 is 0 Å². The van der Waals surface area contributed by atoms with Gasteiger partial charge in [0.2, 0.25) is 0 Å². The Morgan fingerprint density at radius 2 is 2.11 bits per heavy atom. The van der Waals surface area contributed by atoms with Crippen LogP contribution in [0.3, 0.4) is 0 Å². The molecule has 1 aromatic carbocycles. The maximum absolute atomic E-state index is 11.4. The second-order valence-corrected chi connectivity index (χ2v) is 3.84. The molecule has 2 rings (SSSR count). The molecule has 1 N–H and O–H groups in total. The molecule has 0 bridgehead atoms. The lowest BCUT2D eigenvalue weighted by molar-refractivity contribution is -0.123. The summed E-state index contributed by atoms with van der Waals surface area (Å²) in [5, 5.41) is 3.77. The first-order chi connectivity index (χ1) is 9.24. The molecular weight excluding hydrogens is 244 g/mol. The second-order valence-electron chi connectivity index (χ2n) is 3.84. The molecule has 0 radical (unpaired) electrons. The number of aryl methyl sites for hydroxylation is 1. The van der Waals surface area contributed by atoms with Crippen LogP contribution in [0.5, 0.6) is 5.75 Å². The highest BCUT2D eigenvalue weighted by Gasteiger charge is 2.00. The standard InChI is InChI=1S/C14H14N2O3/c1-11-7-8-13(19-11)9-15-16-14(17)10-18-12-5-3-2-4-6-12/h2-9H,10H2,1H3,(H,16,17)/b15-9-. The maximum atomic E-state index is 11.4. The molecule has 0 saturated carbocycles. The van der Waals surface area contributed by atoms with E-state index in [1.54, 1.807) is 18.2 Å². The first-order valence-corrected chi connectivity index (χ1v) is 5.80. The van der Waals surface area contributed by atoms with Crippen LogP contribution in [-0.2, 0) is 4.79 Å². The van der Waals surface area contributed by atoms with Crippen molar-refractivity contribution in [2.24, 2.45) is 5.10 Å². The molecule has 0 aliphatic rings. The summed E-state index contributed by atoms with van der Waals surface area (Å²) in [4.78, 5) is 11.4. The fourth-order valence-corrected chi connectivity index (χ4v) is 1.39. The molecular formula is C14H14N2O3. The number of rotatable bonds is 5. The zero-order valence-corrected chi connectivity index (χ0v) is 10.5.